The first-order chi connectivity index (χ1) is 17.7. The number of likely N-dealkylation sites (N-methyl/N-ethyl adjacent to an activating group) is 1. The standard InChI is InChI=1S/C27H30ClN7O2/c1-6-35-17(3)19(13-30-35)15-34(5)27(37)25-22-12-20(28)7-8-23(22)32-26(33-25)18-9-16(2)10-21(11-18)31-24(36)14-29-4/h7-13,29H,6,14-15H2,1-5H3,(H,31,36). The molecule has 0 aliphatic heterocycles. The average molecular weight is 520 g/mol. The number of hydrogen-bond donors (Lipinski definition) is 2. The Bertz CT molecular complexity index is 1480. The highest BCUT2D eigenvalue weighted by Gasteiger charge is 2.21. The molecule has 0 radical (unpaired) electrons. The summed E-state index contributed by atoms with van der Waals surface area (Å²) < 4.78 is 1.90. The van der Waals surface area contributed by atoms with E-state index in [1.807, 2.05) is 37.6 Å². The molecule has 0 saturated heterocycles. The molecule has 2 N–H and O–H groups in total. The Kier molecular flexibility index (Phi) is 7.85. The van der Waals surface area contributed by atoms with Crippen LogP contribution in [0, 0.1) is 13.8 Å². The van der Waals surface area contributed by atoms with Crippen LogP contribution in [-0.4, -0.2) is 57.1 Å². The summed E-state index contributed by atoms with van der Waals surface area (Å²) in [6, 6.07) is 10.8. The summed E-state index contributed by atoms with van der Waals surface area (Å²) in [6.07, 6.45) is 1.79. The molecular formula is C27H30ClN7O2. The molecule has 0 atom stereocenters. The number of aryl methyl sites for hydroxylation is 2. The lowest BCUT2D eigenvalue weighted by Gasteiger charge is -2.18. The Morgan fingerprint density at radius 1 is 1.11 bits per heavy atom. The monoisotopic (exact) mass is 519 g/mol. The van der Waals surface area contributed by atoms with Gasteiger partial charge in [0.05, 0.1) is 18.3 Å². The summed E-state index contributed by atoms with van der Waals surface area (Å²) >= 11 is 6.28. The van der Waals surface area contributed by atoms with E-state index in [9.17, 15) is 9.59 Å². The summed E-state index contributed by atoms with van der Waals surface area (Å²) in [5, 5.41) is 11.2. The zero-order chi connectivity index (χ0) is 26.7. The number of halogens is 1. The van der Waals surface area contributed by atoms with Gasteiger partial charge in [-0.15, -0.1) is 0 Å². The molecular weight excluding hydrogens is 490 g/mol. The van der Waals surface area contributed by atoms with Crippen LogP contribution in [0.1, 0.15) is 34.2 Å². The molecule has 37 heavy (non-hydrogen) atoms. The summed E-state index contributed by atoms with van der Waals surface area (Å²) in [4.78, 5) is 36.9. The average Bonchev–Trinajstić information content (AvgIpc) is 3.21. The quantitative estimate of drug-likeness (QED) is 0.361. The van der Waals surface area contributed by atoms with Crippen molar-refractivity contribution in [3.63, 3.8) is 0 Å². The van der Waals surface area contributed by atoms with Gasteiger partial charge in [0, 0.05) is 53.1 Å². The highest BCUT2D eigenvalue weighted by Crippen LogP contribution is 2.28. The van der Waals surface area contributed by atoms with Gasteiger partial charge < -0.3 is 15.5 Å². The van der Waals surface area contributed by atoms with Gasteiger partial charge in [-0.2, -0.15) is 5.10 Å². The molecule has 2 heterocycles. The first kappa shape index (κ1) is 26.2. The van der Waals surface area contributed by atoms with E-state index in [2.05, 4.69) is 15.7 Å². The molecule has 2 aromatic heterocycles. The minimum absolute atomic E-state index is 0.160. The smallest absolute Gasteiger partial charge is 0.273 e. The van der Waals surface area contributed by atoms with Crippen molar-refractivity contribution in [1.82, 2.24) is 30.0 Å². The maximum absolute atomic E-state index is 13.7. The minimum Gasteiger partial charge on any atom is -0.336 e. The molecule has 192 valence electrons. The van der Waals surface area contributed by atoms with Crippen molar-refractivity contribution in [3.8, 4) is 11.4 Å². The van der Waals surface area contributed by atoms with E-state index in [1.54, 1.807) is 49.5 Å². The number of hydrogen-bond acceptors (Lipinski definition) is 6. The first-order valence-corrected chi connectivity index (χ1v) is 12.4. The number of amides is 2. The van der Waals surface area contributed by atoms with Crippen LogP contribution in [-0.2, 0) is 17.9 Å². The predicted octanol–water partition coefficient (Wildman–Crippen LogP) is 4.21. The fourth-order valence-electron chi connectivity index (χ4n) is 4.21. The van der Waals surface area contributed by atoms with E-state index in [0.717, 1.165) is 23.4 Å². The second kappa shape index (κ2) is 11.1. The largest absolute Gasteiger partial charge is 0.336 e. The van der Waals surface area contributed by atoms with Crippen molar-refractivity contribution >= 4 is 40.0 Å². The molecule has 0 aliphatic rings. The van der Waals surface area contributed by atoms with Gasteiger partial charge in [0.1, 0.15) is 5.69 Å². The van der Waals surface area contributed by atoms with Crippen molar-refractivity contribution in [2.45, 2.75) is 33.9 Å². The van der Waals surface area contributed by atoms with Gasteiger partial charge >= 0.3 is 0 Å². The first-order valence-electron chi connectivity index (χ1n) is 12.0. The Hall–Kier alpha value is -3.82. The van der Waals surface area contributed by atoms with Gasteiger partial charge in [0.15, 0.2) is 5.82 Å². The summed E-state index contributed by atoms with van der Waals surface area (Å²) in [5.74, 6) is -0.0311. The molecule has 0 unspecified atom stereocenters. The summed E-state index contributed by atoms with van der Waals surface area (Å²) in [5.41, 5.74) is 5.08. The molecule has 0 fully saturated rings. The number of fused-ring (bicyclic) bond motifs is 1. The number of nitrogens with one attached hydrogen (secondary N) is 2. The number of anilines is 1. The van der Waals surface area contributed by atoms with Gasteiger partial charge in [0.2, 0.25) is 5.91 Å². The minimum atomic E-state index is -0.255. The second-order valence-electron chi connectivity index (χ2n) is 8.96. The van der Waals surface area contributed by atoms with Crippen LogP contribution in [0.3, 0.4) is 0 Å². The zero-order valence-electron chi connectivity index (χ0n) is 21.6. The number of carbonyl (C=O) groups excluding carboxylic acids is 2. The summed E-state index contributed by atoms with van der Waals surface area (Å²) in [7, 11) is 3.45. The van der Waals surface area contributed by atoms with Crippen LogP contribution < -0.4 is 10.6 Å². The van der Waals surface area contributed by atoms with E-state index in [1.165, 1.54) is 0 Å². The maximum atomic E-state index is 13.7. The molecule has 0 saturated carbocycles. The van der Waals surface area contributed by atoms with Gasteiger partial charge in [-0.1, -0.05) is 11.6 Å². The van der Waals surface area contributed by atoms with E-state index in [-0.39, 0.29) is 24.1 Å². The number of benzene rings is 2. The molecule has 0 bridgehead atoms. The second-order valence-corrected chi connectivity index (χ2v) is 9.39. The number of nitrogens with zero attached hydrogens (tertiary/aromatic N) is 5. The lowest BCUT2D eigenvalue weighted by Crippen LogP contribution is -2.28. The van der Waals surface area contributed by atoms with Crippen molar-refractivity contribution in [2.24, 2.45) is 0 Å². The lowest BCUT2D eigenvalue weighted by atomic mass is 10.1. The number of rotatable bonds is 8. The highest BCUT2D eigenvalue weighted by molar-refractivity contribution is 6.31. The van der Waals surface area contributed by atoms with E-state index in [0.29, 0.717) is 39.5 Å². The Morgan fingerprint density at radius 2 is 1.89 bits per heavy atom. The van der Waals surface area contributed by atoms with E-state index < -0.39 is 0 Å². The molecule has 0 spiro atoms. The molecule has 10 heteroatoms. The van der Waals surface area contributed by atoms with Crippen LogP contribution >= 0.6 is 11.6 Å². The molecule has 2 amide bonds. The van der Waals surface area contributed by atoms with Crippen molar-refractivity contribution in [3.05, 3.63) is 70.1 Å². The lowest BCUT2D eigenvalue weighted by molar-refractivity contribution is -0.115. The van der Waals surface area contributed by atoms with Gasteiger partial charge in [0.25, 0.3) is 5.91 Å². The third kappa shape index (κ3) is 5.79. The van der Waals surface area contributed by atoms with Crippen LogP contribution in [0.4, 0.5) is 5.69 Å². The van der Waals surface area contributed by atoms with Gasteiger partial charge in [-0.3, -0.25) is 14.3 Å². The molecule has 4 aromatic rings. The molecule has 4 rings (SSSR count). The Balaban J connectivity index is 1.76. The Morgan fingerprint density at radius 3 is 2.59 bits per heavy atom. The van der Waals surface area contributed by atoms with Crippen molar-refractivity contribution < 1.29 is 9.59 Å². The van der Waals surface area contributed by atoms with Crippen LogP contribution in [0.15, 0.2) is 42.6 Å². The normalized spacial score (nSPS) is 11.1. The molecule has 9 nitrogen and oxygen atoms in total. The van der Waals surface area contributed by atoms with Crippen LogP contribution in [0.5, 0.6) is 0 Å². The Labute approximate surface area is 220 Å². The number of carbonyl (C=O) groups is 2. The third-order valence-electron chi connectivity index (χ3n) is 6.08. The van der Waals surface area contributed by atoms with Gasteiger partial charge in [-0.05, 0) is 69.8 Å². The third-order valence-corrected chi connectivity index (χ3v) is 6.31. The van der Waals surface area contributed by atoms with Gasteiger partial charge in [-0.25, -0.2) is 9.97 Å². The SMILES string of the molecule is CCn1ncc(CN(C)C(=O)c2nc(-c3cc(C)cc(NC(=O)CNC)c3)nc3ccc(Cl)cc23)c1C. The van der Waals surface area contributed by atoms with E-state index in [4.69, 9.17) is 21.6 Å². The fourth-order valence-corrected chi connectivity index (χ4v) is 4.38. The number of aromatic nitrogens is 4. The predicted molar refractivity (Wildman–Crippen MR) is 146 cm³/mol. The van der Waals surface area contributed by atoms with Crippen LogP contribution in [0.25, 0.3) is 22.3 Å². The maximum Gasteiger partial charge on any atom is 0.273 e. The van der Waals surface area contributed by atoms with Crippen molar-refractivity contribution in [1.29, 1.82) is 0 Å². The fraction of sp³-hybridized carbons (Fsp3) is 0.296. The van der Waals surface area contributed by atoms with Crippen molar-refractivity contribution in [2.75, 3.05) is 26.0 Å². The molecule has 2 aromatic carbocycles. The highest BCUT2D eigenvalue weighted by atomic mass is 35.5. The van der Waals surface area contributed by atoms with E-state index >= 15 is 0 Å². The summed E-state index contributed by atoms with van der Waals surface area (Å²) in [6.45, 7) is 7.29. The zero-order valence-corrected chi connectivity index (χ0v) is 22.3. The van der Waals surface area contributed by atoms with Crippen LogP contribution in [0.2, 0.25) is 5.02 Å². The topological polar surface area (TPSA) is 105 Å². The molecule has 0 aliphatic carbocycles.